The molecular weight excluding hydrogens is 226 g/mol. The highest BCUT2D eigenvalue weighted by molar-refractivity contribution is 6.04. The molecule has 0 bridgehead atoms. The first kappa shape index (κ1) is 14.8. The molecule has 0 spiro atoms. The van der Waals surface area contributed by atoms with Gasteiger partial charge in [-0.2, -0.15) is 0 Å². The molecule has 1 aliphatic carbocycles. The molecule has 3 nitrogen and oxygen atoms in total. The lowest BCUT2D eigenvalue weighted by Crippen LogP contribution is -2.36. The van der Waals surface area contributed by atoms with Crippen molar-refractivity contribution in [3.8, 4) is 0 Å². The number of carbonyl (C=O) groups excluding carboxylic acids is 1. The van der Waals surface area contributed by atoms with Crippen LogP contribution in [-0.2, 0) is 9.53 Å². The molecule has 0 fully saturated rings. The molecule has 1 rings (SSSR count). The molecule has 1 unspecified atom stereocenters. The Kier molecular flexibility index (Phi) is 5.96. The van der Waals surface area contributed by atoms with Crippen LogP contribution in [0.1, 0.15) is 53.4 Å². The van der Waals surface area contributed by atoms with E-state index in [1.54, 1.807) is 0 Å². The molecule has 18 heavy (non-hydrogen) atoms. The fourth-order valence-electron chi connectivity index (χ4n) is 2.12. The molecule has 0 heterocycles. The smallest absolute Gasteiger partial charge is 0.171 e. The van der Waals surface area contributed by atoms with Gasteiger partial charge in [-0.05, 0) is 26.7 Å². The Labute approximate surface area is 110 Å². The van der Waals surface area contributed by atoms with Crippen molar-refractivity contribution < 1.29 is 9.53 Å². The first-order valence-corrected chi connectivity index (χ1v) is 6.92. The topological polar surface area (TPSA) is 38.3 Å². The molecule has 0 saturated carbocycles. The van der Waals surface area contributed by atoms with Gasteiger partial charge in [-0.1, -0.05) is 26.3 Å². The van der Waals surface area contributed by atoms with Crippen LogP contribution in [0.2, 0.25) is 0 Å². The second-order valence-corrected chi connectivity index (χ2v) is 4.80. The second kappa shape index (κ2) is 7.24. The van der Waals surface area contributed by atoms with Gasteiger partial charge >= 0.3 is 0 Å². The van der Waals surface area contributed by atoms with Crippen molar-refractivity contribution in [1.29, 1.82) is 0 Å². The number of ketones is 1. The number of carbonyl (C=O) groups is 1. The summed E-state index contributed by atoms with van der Waals surface area (Å²) in [6.45, 7) is 9.00. The van der Waals surface area contributed by atoms with Gasteiger partial charge in [0, 0.05) is 5.70 Å². The summed E-state index contributed by atoms with van der Waals surface area (Å²) >= 11 is 0. The van der Waals surface area contributed by atoms with Gasteiger partial charge in [0.1, 0.15) is 5.76 Å². The van der Waals surface area contributed by atoms with Crippen LogP contribution < -0.4 is 5.32 Å². The third kappa shape index (κ3) is 3.90. The van der Waals surface area contributed by atoms with Crippen molar-refractivity contribution in [2.24, 2.45) is 0 Å². The van der Waals surface area contributed by atoms with Crippen molar-refractivity contribution in [3.05, 3.63) is 23.1 Å². The fourth-order valence-corrected chi connectivity index (χ4v) is 2.12. The Morgan fingerprint density at radius 3 is 2.78 bits per heavy atom. The Balaban J connectivity index is 2.58. The Hall–Kier alpha value is -1.25. The molecule has 0 aromatic heterocycles. The van der Waals surface area contributed by atoms with E-state index in [0.29, 0.717) is 6.42 Å². The maximum Gasteiger partial charge on any atom is 0.171 e. The lowest BCUT2D eigenvalue weighted by molar-refractivity contribution is -0.118. The summed E-state index contributed by atoms with van der Waals surface area (Å²) in [6, 6.07) is 0.0469. The van der Waals surface area contributed by atoms with E-state index in [1.807, 2.05) is 13.8 Å². The maximum absolute atomic E-state index is 11.7. The van der Waals surface area contributed by atoms with Crippen LogP contribution in [0.4, 0.5) is 0 Å². The van der Waals surface area contributed by atoms with E-state index in [2.05, 4.69) is 25.2 Å². The minimum Gasteiger partial charge on any atom is -0.497 e. The first-order chi connectivity index (χ1) is 8.60. The molecule has 1 N–H and O–H groups in total. The lowest BCUT2D eigenvalue weighted by atomic mass is 9.88. The van der Waals surface area contributed by atoms with Gasteiger partial charge in [-0.15, -0.1) is 0 Å². The van der Waals surface area contributed by atoms with Gasteiger partial charge in [-0.25, -0.2) is 0 Å². The molecule has 0 saturated heterocycles. The van der Waals surface area contributed by atoms with Gasteiger partial charge in [0.2, 0.25) is 0 Å². The summed E-state index contributed by atoms with van der Waals surface area (Å²) < 4.78 is 5.66. The number of Topliss-reactive ketones (excluding diaryl/α,β-unsaturated/α-hetero) is 1. The zero-order chi connectivity index (χ0) is 13.5. The highest BCUT2D eigenvalue weighted by atomic mass is 16.5. The molecule has 1 aliphatic rings. The van der Waals surface area contributed by atoms with Crippen molar-refractivity contribution >= 4 is 5.78 Å². The normalized spacial score (nSPS) is 17.6. The fraction of sp³-hybridized carbons (Fsp3) is 0.667. The van der Waals surface area contributed by atoms with Gasteiger partial charge in [0.15, 0.2) is 5.78 Å². The van der Waals surface area contributed by atoms with Crippen LogP contribution in [0.3, 0.4) is 0 Å². The zero-order valence-corrected chi connectivity index (χ0v) is 12.0. The molecular formula is C15H25NO2. The first-order valence-electron chi connectivity index (χ1n) is 6.92. The van der Waals surface area contributed by atoms with Crippen molar-refractivity contribution in [3.63, 3.8) is 0 Å². The SMILES string of the molecule is CC/C=C(/C)NC(C)C1=C(OCCCC)CC1=O. The molecule has 0 aromatic rings. The third-order valence-electron chi connectivity index (χ3n) is 3.08. The lowest BCUT2D eigenvalue weighted by Gasteiger charge is -2.28. The molecule has 0 aromatic carbocycles. The Bertz CT molecular complexity index is 356. The quantitative estimate of drug-likeness (QED) is 0.672. The van der Waals surface area contributed by atoms with E-state index >= 15 is 0 Å². The van der Waals surface area contributed by atoms with Crippen molar-refractivity contribution in [1.82, 2.24) is 5.32 Å². The van der Waals surface area contributed by atoms with Crippen LogP contribution in [0, 0.1) is 0 Å². The van der Waals surface area contributed by atoms with E-state index in [4.69, 9.17) is 4.74 Å². The van der Waals surface area contributed by atoms with E-state index in [0.717, 1.165) is 42.9 Å². The Morgan fingerprint density at radius 2 is 2.22 bits per heavy atom. The summed E-state index contributed by atoms with van der Waals surface area (Å²) in [5.41, 5.74) is 1.94. The van der Waals surface area contributed by atoms with E-state index in [1.165, 1.54) is 0 Å². The average molecular weight is 251 g/mol. The van der Waals surface area contributed by atoms with Gasteiger partial charge in [0.25, 0.3) is 0 Å². The summed E-state index contributed by atoms with van der Waals surface area (Å²) in [5, 5.41) is 3.34. The molecule has 0 amide bonds. The largest absolute Gasteiger partial charge is 0.497 e. The van der Waals surface area contributed by atoms with Gasteiger partial charge in [-0.3, -0.25) is 4.79 Å². The second-order valence-electron chi connectivity index (χ2n) is 4.80. The molecule has 0 radical (unpaired) electrons. The highest BCUT2D eigenvalue weighted by Gasteiger charge is 2.32. The molecule has 1 atom stereocenters. The maximum atomic E-state index is 11.7. The van der Waals surface area contributed by atoms with Crippen LogP contribution in [0.15, 0.2) is 23.1 Å². The van der Waals surface area contributed by atoms with E-state index < -0.39 is 0 Å². The van der Waals surface area contributed by atoms with Crippen LogP contribution in [-0.4, -0.2) is 18.4 Å². The minimum atomic E-state index is 0.0469. The predicted molar refractivity (Wildman–Crippen MR) is 74.2 cm³/mol. The summed E-state index contributed by atoms with van der Waals surface area (Å²) in [7, 11) is 0. The van der Waals surface area contributed by atoms with E-state index in [-0.39, 0.29) is 11.8 Å². The summed E-state index contributed by atoms with van der Waals surface area (Å²) in [5.74, 6) is 1.10. The number of rotatable bonds is 8. The number of hydrogen-bond donors (Lipinski definition) is 1. The number of ether oxygens (including phenoxy) is 1. The third-order valence-corrected chi connectivity index (χ3v) is 3.08. The predicted octanol–water partition coefficient (Wildman–Crippen LogP) is 3.32. The summed E-state index contributed by atoms with van der Waals surface area (Å²) in [4.78, 5) is 11.7. The number of allylic oxidation sites excluding steroid dienone is 3. The monoisotopic (exact) mass is 251 g/mol. The minimum absolute atomic E-state index is 0.0469. The average Bonchev–Trinajstić information content (AvgIpc) is 2.27. The van der Waals surface area contributed by atoms with E-state index in [9.17, 15) is 4.79 Å². The molecule has 3 heteroatoms. The highest BCUT2D eigenvalue weighted by Crippen LogP contribution is 2.28. The number of unbranched alkanes of at least 4 members (excludes halogenated alkanes) is 1. The Morgan fingerprint density at radius 1 is 1.50 bits per heavy atom. The van der Waals surface area contributed by atoms with Crippen LogP contribution >= 0.6 is 0 Å². The standard InChI is InChI=1S/C15H25NO2/c1-5-7-9-18-14-10-13(17)15(14)12(4)16-11(3)8-6-2/h8,12,16H,5-7,9-10H2,1-4H3/b11-8-. The summed E-state index contributed by atoms with van der Waals surface area (Å²) in [6.07, 6.45) is 5.75. The molecule has 102 valence electrons. The number of nitrogens with one attached hydrogen (secondary N) is 1. The number of hydrogen-bond acceptors (Lipinski definition) is 3. The zero-order valence-electron chi connectivity index (χ0n) is 12.0. The van der Waals surface area contributed by atoms with Crippen molar-refractivity contribution in [2.45, 2.75) is 59.4 Å². The van der Waals surface area contributed by atoms with Crippen molar-refractivity contribution in [2.75, 3.05) is 6.61 Å². The van der Waals surface area contributed by atoms with Gasteiger partial charge in [0.05, 0.1) is 24.6 Å². The molecule has 0 aliphatic heterocycles. The van der Waals surface area contributed by atoms with Gasteiger partial charge < -0.3 is 10.1 Å². The van der Waals surface area contributed by atoms with Crippen LogP contribution in [0.25, 0.3) is 0 Å². The van der Waals surface area contributed by atoms with Crippen LogP contribution in [0.5, 0.6) is 0 Å².